The molecule has 1 fully saturated rings. The lowest BCUT2D eigenvalue weighted by molar-refractivity contribution is 0.0192. The van der Waals surface area contributed by atoms with Crippen molar-refractivity contribution < 1.29 is 14.9 Å². The fourth-order valence-corrected chi connectivity index (χ4v) is 1.21. The Kier molecular flexibility index (Phi) is 2.65. The normalized spacial score (nSPS) is 40.5. The lowest BCUT2D eigenvalue weighted by Gasteiger charge is -2.12. The molecule has 1 heterocycles. The Hall–Kier alpha value is -0.120. The van der Waals surface area contributed by atoms with Crippen LogP contribution < -0.4 is 0 Å². The Balaban J connectivity index is 2.33. The number of hydrogen-bond acceptors (Lipinski definition) is 3. The van der Waals surface area contributed by atoms with Crippen molar-refractivity contribution in [3.05, 3.63) is 0 Å². The first-order valence-corrected chi connectivity index (χ1v) is 3.73. The Morgan fingerprint density at radius 2 is 2.20 bits per heavy atom. The minimum atomic E-state index is -0.670. The summed E-state index contributed by atoms with van der Waals surface area (Å²) < 4.78 is 5.12. The molecule has 2 N–H and O–H groups in total. The molecule has 0 amide bonds. The summed E-state index contributed by atoms with van der Waals surface area (Å²) in [6.07, 6.45) is 0.337. The van der Waals surface area contributed by atoms with Gasteiger partial charge in [-0.3, -0.25) is 0 Å². The second kappa shape index (κ2) is 3.32. The standard InChI is InChI=1S/C7H14O3/c1-2-3-6-7(9)5(8)4-10-6/h5-9H,2-4H2,1H3/t5?,6-,7?/m1/s1. The van der Waals surface area contributed by atoms with E-state index in [9.17, 15) is 5.11 Å². The van der Waals surface area contributed by atoms with E-state index in [1.54, 1.807) is 0 Å². The van der Waals surface area contributed by atoms with Crippen LogP contribution in [-0.4, -0.2) is 35.1 Å². The summed E-state index contributed by atoms with van der Waals surface area (Å²) in [7, 11) is 0. The van der Waals surface area contributed by atoms with E-state index in [0.717, 1.165) is 12.8 Å². The van der Waals surface area contributed by atoms with Crippen molar-refractivity contribution in [1.82, 2.24) is 0 Å². The van der Waals surface area contributed by atoms with Crippen molar-refractivity contribution in [3.8, 4) is 0 Å². The van der Waals surface area contributed by atoms with Gasteiger partial charge in [0.2, 0.25) is 0 Å². The third-order valence-electron chi connectivity index (χ3n) is 1.83. The zero-order chi connectivity index (χ0) is 7.56. The zero-order valence-electron chi connectivity index (χ0n) is 6.16. The number of aliphatic hydroxyl groups excluding tert-OH is 2. The van der Waals surface area contributed by atoms with E-state index < -0.39 is 12.2 Å². The fraction of sp³-hybridized carbons (Fsp3) is 1.00. The largest absolute Gasteiger partial charge is 0.388 e. The molecule has 3 nitrogen and oxygen atoms in total. The Bertz CT molecular complexity index is 103. The molecule has 0 spiro atoms. The third kappa shape index (κ3) is 1.48. The molecule has 3 atom stereocenters. The van der Waals surface area contributed by atoms with Gasteiger partial charge in [0.25, 0.3) is 0 Å². The van der Waals surface area contributed by atoms with E-state index in [4.69, 9.17) is 9.84 Å². The van der Waals surface area contributed by atoms with E-state index in [1.807, 2.05) is 6.92 Å². The molecule has 1 rings (SSSR count). The van der Waals surface area contributed by atoms with Gasteiger partial charge in [-0.05, 0) is 6.42 Å². The predicted molar refractivity (Wildman–Crippen MR) is 36.7 cm³/mol. The molecule has 0 saturated carbocycles. The molecule has 0 aromatic rings. The van der Waals surface area contributed by atoms with Gasteiger partial charge in [0.05, 0.1) is 12.7 Å². The van der Waals surface area contributed by atoms with Gasteiger partial charge in [-0.25, -0.2) is 0 Å². The molecular formula is C7H14O3. The van der Waals surface area contributed by atoms with Gasteiger partial charge < -0.3 is 14.9 Å². The minimum absolute atomic E-state index is 0.139. The molecule has 1 aliphatic heterocycles. The van der Waals surface area contributed by atoms with E-state index in [1.165, 1.54) is 0 Å². The van der Waals surface area contributed by atoms with Crippen molar-refractivity contribution >= 4 is 0 Å². The molecule has 0 aromatic heterocycles. The molecule has 0 radical (unpaired) electrons. The van der Waals surface area contributed by atoms with Gasteiger partial charge in [0.15, 0.2) is 0 Å². The maximum atomic E-state index is 9.21. The summed E-state index contributed by atoms with van der Waals surface area (Å²) in [6, 6.07) is 0. The zero-order valence-corrected chi connectivity index (χ0v) is 6.16. The Morgan fingerprint density at radius 1 is 1.50 bits per heavy atom. The summed E-state index contributed by atoms with van der Waals surface area (Å²) in [6.45, 7) is 2.31. The lowest BCUT2D eigenvalue weighted by atomic mass is 10.1. The molecule has 0 bridgehead atoms. The molecule has 1 saturated heterocycles. The second-order valence-electron chi connectivity index (χ2n) is 2.72. The molecule has 10 heavy (non-hydrogen) atoms. The summed E-state index contributed by atoms with van der Waals surface area (Å²) in [4.78, 5) is 0. The van der Waals surface area contributed by atoms with E-state index in [-0.39, 0.29) is 12.7 Å². The van der Waals surface area contributed by atoms with Crippen LogP contribution in [0, 0.1) is 0 Å². The van der Waals surface area contributed by atoms with Gasteiger partial charge >= 0.3 is 0 Å². The van der Waals surface area contributed by atoms with Crippen molar-refractivity contribution in [2.75, 3.05) is 6.61 Å². The minimum Gasteiger partial charge on any atom is -0.388 e. The maximum absolute atomic E-state index is 9.21. The van der Waals surface area contributed by atoms with Crippen molar-refractivity contribution in [2.24, 2.45) is 0 Å². The van der Waals surface area contributed by atoms with E-state index in [0.29, 0.717) is 0 Å². The van der Waals surface area contributed by atoms with Crippen LogP contribution in [0.1, 0.15) is 19.8 Å². The Morgan fingerprint density at radius 3 is 2.60 bits per heavy atom. The average Bonchev–Trinajstić information content (AvgIpc) is 2.20. The van der Waals surface area contributed by atoms with Gasteiger partial charge in [0.1, 0.15) is 12.2 Å². The van der Waals surface area contributed by atoms with Gasteiger partial charge in [0, 0.05) is 0 Å². The molecular weight excluding hydrogens is 132 g/mol. The number of aliphatic hydroxyl groups is 2. The number of ether oxygens (including phenoxy) is 1. The van der Waals surface area contributed by atoms with Crippen molar-refractivity contribution in [1.29, 1.82) is 0 Å². The second-order valence-corrected chi connectivity index (χ2v) is 2.72. The molecule has 1 aliphatic rings. The molecule has 2 unspecified atom stereocenters. The summed E-state index contributed by atoms with van der Waals surface area (Å²) >= 11 is 0. The van der Waals surface area contributed by atoms with Crippen LogP contribution in [0.2, 0.25) is 0 Å². The quantitative estimate of drug-likeness (QED) is 0.572. The smallest absolute Gasteiger partial charge is 0.108 e. The van der Waals surface area contributed by atoms with Crippen LogP contribution in [0.4, 0.5) is 0 Å². The maximum Gasteiger partial charge on any atom is 0.108 e. The number of rotatable bonds is 2. The number of hydrogen-bond donors (Lipinski definition) is 2. The fourth-order valence-electron chi connectivity index (χ4n) is 1.21. The average molecular weight is 146 g/mol. The molecule has 3 heteroatoms. The van der Waals surface area contributed by atoms with Gasteiger partial charge in [-0.2, -0.15) is 0 Å². The predicted octanol–water partition coefficient (Wildman–Crippen LogP) is -0.0929. The van der Waals surface area contributed by atoms with Crippen LogP contribution in [-0.2, 0) is 4.74 Å². The topological polar surface area (TPSA) is 49.7 Å². The van der Waals surface area contributed by atoms with Crippen LogP contribution >= 0.6 is 0 Å². The monoisotopic (exact) mass is 146 g/mol. The van der Waals surface area contributed by atoms with Gasteiger partial charge in [-0.1, -0.05) is 13.3 Å². The highest BCUT2D eigenvalue weighted by atomic mass is 16.5. The highest BCUT2D eigenvalue weighted by molar-refractivity contribution is 4.82. The first-order valence-electron chi connectivity index (χ1n) is 3.73. The van der Waals surface area contributed by atoms with E-state index >= 15 is 0 Å². The van der Waals surface area contributed by atoms with E-state index in [2.05, 4.69) is 0 Å². The molecule has 60 valence electrons. The highest BCUT2D eigenvalue weighted by Crippen LogP contribution is 2.17. The third-order valence-corrected chi connectivity index (χ3v) is 1.83. The highest BCUT2D eigenvalue weighted by Gasteiger charge is 2.33. The summed E-state index contributed by atoms with van der Waals surface area (Å²) in [5, 5.41) is 18.2. The SMILES string of the molecule is CCC[C@H]1OCC(O)C1O. The Labute approximate surface area is 60.6 Å². The van der Waals surface area contributed by atoms with Crippen LogP contribution in [0.25, 0.3) is 0 Å². The molecule has 0 aromatic carbocycles. The van der Waals surface area contributed by atoms with Crippen molar-refractivity contribution in [2.45, 2.75) is 38.1 Å². The van der Waals surface area contributed by atoms with Crippen molar-refractivity contribution in [3.63, 3.8) is 0 Å². The van der Waals surface area contributed by atoms with Crippen LogP contribution in [0.3, 0.4) is 0 Å². The first kappa shape index (κ1) is 7.98. The van der Waals surface area contributed by atoms with Crippen LogP contribution in [0.5, 0.6) is 0 Å². The summed E-state index contributed by atoms with van der Waals surface area (Å²) in [5.41, 5.74) is 0. The molecule has 0 aliphatic carbocycles. The lowest BCUT2D eigenvalue weighted by Crippen LogP contribution is -2.29. The summed E-state index contributed by atoms with van der Waals surface area (Å²) in [5.74, 6) is 0. The van der Waals surface area contributed by atoms with Crippen LogP contribution in [0.15, 0.2) is 0 Å². The first-order chi connectivity index (χ1) is 4.75. The van der Waals surface area contributed by atoms with Gasteiger partial charge in [-0.15, -0.1) is 0 Å².